The first-order valence-corrected chi connectivity index (χ1v) is 7.32. The number of ether oxygens (including phenoxy) is 2. The number of hydrogen-bond donors (Lipinski definition) is 0. The van der Waals surface area contributed by atoms with Crippen molar-refractivity contribution in [1.29, 1.82) is 0 Å². The second-order valence-electron chi connectivity index (χ2n) is 5.47. The minimum Gasteiger partial charge on any atom is -0.497 e. The van der Waals surface area contributed by atoms with E-state index in [1.807, 2.05) is 24.3 Å². The molecule has 0 saturated heterocycles. The quantitative estimate of drug-likeness (QED) is 0.698. The van der Waals surface area contributed by atoms with Crippen LogP contribution in [0.5, 0.6) is 11.6 Å². The van der Waals surface area contributed by atoms with Crippen LogP contribution in [-0.2, 0) is 27.7 Å². The van der Waals surface area contributed by atoms with Crippen LogP contribution < -0.4 is 20.7 Å². The van der Waals surface area contributed by atoms with E-state index in [2.05, 4.69) is 5.10 Å². The van der Waals surface area contributed by atoms with Gasteiger partial charge in [-0.3, -0.25) is 13.9 Å². The Labute approximate surface area is 137 Å². The Balaban J connectivity index is 2.02. The first-order chi connectivity index (χ1) is 11.4. The van der Waals surface area contributed by atoms with Crippen LogP contribution >= 0.6 is 0 Å². The van der Waals surface area contributed by atoms with Gasteiger partial charge in [0.25, 0.3) is 5.56 Å². The predicted molar refractivity (Wildman–Crippen MR) is 88.5 cm³/mol. The maximum absolute atomic E-state index is 12.4. The fourth-order valence-corrected chi connectivity index (χ4v) is 2.53. The molecule has 2 aromatic heterocycles. The summed E-state index contributed by atoms with van der Waals surface area (Å²) in [6.45, 7) is 0.268. The minimum absolute atomic E-state index is 0.268. The molecule has 8 nitrogen and oxygen atoms in total. The van der Waals surface area contributed by atoms with Gasteiger partial charge in [0.05, 0.1) is 7.11 Å². The van der Waals surface area contributed by atoms with Gasteiger partial charge in [0.1, 0.15) is 17.7 Å². The van der Waals surface area contributed by atoms with Gasteiger partial charge in [-0.25, -0.2) is 9.48 Å². The Kier molecular flexibility index (Phi) is 3.88. The molecule has 0 atom stereocenters. The summed E-state index contributed by atoms with van der Waals surface area (Å²) in [5, 5.41) is 4.52. The molecule has 1 aromatic carbocycles. The lowest BCUT2D eigenvalue weighted by atomic mass is 10.2. The topological polar surface area (TPSA) is 80.3 Å². The summed E-state index contributed by atoms with van der Waals surface area (Å²) in [5.41, 5.74) is 0.375. The molecule has 0 saturated carbocycles. The SMILES string of the molecule is COc1ccc(COc2c3c(=O)n(C)c(=O)n(C)c3nn2C)cc1. The zero-order valence-corrected chi connectivity index (χ0v) is 13.9. The Bertz CT molecular complexity index is 1010. The fraction of sp³-hybridized carbons (Fsp3) is 0.312. The number of rotatable bonds is 4. The Morgan fingerprint density at radius 2 is 1.71 bits per heavy atom. The summed E-state index contributed by atoms with van der Waals surface area (Å²) >= 11 is 0. The maximum Gasteiger partial charge on any atom is 0.332 e. The minimum atomic E-state index is -0.425. The summed E-state index contributed by atoms with van der Waals surface area (Å²) < 4.78 is 14.8. The number of methoxy groups -OCH3 is 1. The van der Waals surface area contributed by atoms with Crippen LogP contribution in [0.3, 0.4) is 0 Å². The van der Waals surface area contributed by atoms with Gasteiger partial charge >= 0.3 is 5.69 Å². The summed E-state index contributed by atoms with van der Waals surface area (Å²) in [7, 11) is 6.29. The fourth-order valence-electron chi connectivity index (χ4n) is 2.53. The van der Waals surface area contributed by atoms with Crippen LogP contribution in [0.25, 0.3) is 11.0 Å². The average Bonchev–Trinajstić information content (AvgIpc) is 2.93. The molecule has 0 bridgehead atoms. The number of nitrogens with zero attached hydrogens (tertiary/aromatic N) is 4. The van der Waals surface area contributed by atoms with Crippen molar-refractivity contribution in [3.8, 4) is 11.6 Å². The second-order valence-corrected chi connectivity index (χ2v) is 5.47. The van der Waals surface area contributed by atoms with Crippen molar-refractivity contribution >= 4 is 11.0 Å². The summed E-state index contributed by atoms with van der Waals surface area (Å²) in [5.74, 6) is 1.09. The first kappa shape index (κ1) is 15.9. The van der Waals surface area contributed by atoms with Crippen molar-refractivity contribution in [2.24, 2.45) is 21.1 Å². The molecule has 0 spiro atoms. The maximum atomic E-state index is 12.4. The molecular weight excluding hydrogens is 312 g/mol. The molecule has 8 heteroatoms. The van der Waals surface area contributed by atoms with Crippen molar-refractivity contribution in [2.75, 3.05) is 7.11 Å². The zero-order chi connectivity index (χ0) is 17.4. The molecule has 0 N–H and O–H groups in total. The standard InChI is InChI=1S/C16H18N4O4/c1-18-13-12(14(21)19(2)16(18)22)15(20(3)17-13)24-9-10-5-7-11(23-4)8-6-10/h5-8H,9H2,1-4H3. The zero-order valence-electron chi connectivity index (χ0n) is 13.9. The highest BCUT2D eigenvalue weighted by molar-refractivity contribution is 5.80. The van der Waals surface area contributed by atoms with Crippen LogP contribution in [-0.4, -0.2) is 26.0 Å². The second kappa shape index (κ2) is 5.88. The van der Waals surface area contributed by atoms with Crippen LogP contribution in [0.4, 0.5) is 0 Å². The monoisotopic (exact) mass is 330 g/mol. The van der Waals surface area contributed by atoms with E-state index in [0.717, 1.165) is 15.9 Å². The summed E-state index contributed by atoms with van der Waals surface area (Å²) in [4.78, 5) is 24.4. The number of fused-ring (bicyclic) bond motifs is 1. The van der Waals surface area contributed by atoms with Crippen LogP contribution in [0.2, 0.25) is 0 Å². The molecule has 0 amide bonds. The molecule has 0 unspecified atom stereocenters. The normalized spacial score (nSPS) is 11.0. The molecule has 0 aliphatic rings. The van der Waals surface area contributed by atoms with E-state index in [0.29, 0.717) is 11.5 Å². The van der Waals surface area contributed by atoms with Gasteiger partial charge in [-0.1, -0.05) is 12.1 Å². The lowest BCUT2D eigenvalue weighted by molar-refractivity contribution is 0.281. The third-order valence-electron chi connectivity index (χ3n) is 3.92. The average molecular weight is 330 g/mol. The number of benzene rings is 1. The lowest BCUT2D eigenvalue weighted by Gasteiger charge is -2.08. The highest BCUT2D eigenvalue weighted by atomic mass is 16.5. The van der Waals surface area contributed by atoms with Gasteiger partial charge in [0.2, 0.25) is 5.88 Å². The third kappa shape index (κ3) is 2.45. The van der Waals surface area contributed by atoms with Gasteiger partial charge in [0, 0.05) is 21.1 Å². The highest BCUT2D eigenvalue weighted by Gasteiger charge is 2.19. The van der Waals surface area contributed by atoms with E-state index >= 15 is 0 Å². The van der Waals surface area contributed by atoms with Crippen molar-refractivity contribution in [3.05, 3.63) is 50.7 Å². The van der Waals surface area contributed by atoms with Crippen molar-refractivity contribution in [2.45, 2.75) is 6.61 Å². The van der Waals surface area contributed by atoms with Crippen LogP contribution in [0.15, 0.2) is 33.9 Å². The van der Waals surface area contributed by atoms with E-state index in [4.69, 9.17) is 9.47 Å². The van der Waals surface area contributed by atoms with E-state index in [1.54, 1.807) is 21.2 Å². The van der Waals surface area contributed by atoms with Crippen molar-refractivity contribution in [1.82, 2.24) is 18.9 Å². The Morgan fingerprint density at radius 3 is 2.33 bits per heavy atom. The number of aryl methyl sites for hydroxylation is 2. The predicted octanol–water partition coefficient (Wildman–Crippen LogP) is 0.558. The Morgan fingerprint density at radius 1 is 1.04 bits per heavy atom. The van der Waals surface area contributed by atoms with Gasteiger partial charge in [0.15, 0.2) is 5.65 Å². The molecule has 0 radical (unpaired) electrons. The molecule has 0 aliphatic heterocycles. The van der Waals surface area contributed by atoms with Crippen LogP contribution in [0, 0.1) is 0 Å². The molecule has 0 fully saturated rings. The van der Waals surface area contributed by atoms with E-state index < -0.39 is 11.2 Å². The molecule has 0 aliphatic carbocycles. The smallest absolute Gasteiger partial charge is 0.332 e. The van der Waals surface area contributed by atoms with E-state index in [9.17, 15) is 9.59 Å². The summed E-state index contributed by atoms with van der Waals surface area (Å²) in [6.07, 6.45) is 0. The molecule has 24 heavy (non-hydrogen) atoms. The van der Waals surface area contributed by atoms with E-state index in [1.165, 1.54) is 16.3 Å². The molecular formula is C16H18N4O4. The van der Waals surface area contributed by atoms with E-state index in [-0.39, 0.29) is 12.0 Å². The van der Waals surface area contributed by atoms with Gasteiger partial charge < -0.3 is 9.47 Å². The summed E-state index contributed by atoms with van der Waals surface area (Å²) in [6, 6.07) is 7.43. The highest BCUT2D eigenvalue weighted by Crippen LogP contribution is 2.21. The number of hydrogen-bond acceptors (Lipinski definition) is 5. The third-order valence-corrected chi connectivity index (χ3v) is 3.92. The largest absolute Gasteiger partial charge is 0.497 e. The molecule has 3 rings (SSSR count). The van der Waals surface area contributed by atoms with Crippen molar-refractivity contribution < 1.29 is 9.47 Å². The van der Waals surface area contributed by atoms with Gasteiger partial charge in [-0.2, -0.15) is 5.10 Å². The van der Waals surface area contributed by atoms with Gasteiger partial charge in [-0.15, -0.1) is 0 Å². The van der Waals surface area contributed by atoms with Crippen molar-refractivity contribution in [3.63, 3.8) is 0 Å². The lowest BCUT2D eigenvalue weighted by Crippen LogP contribution is -2.36. The molecule has 2 heterocycles. The number of aromatic nitrogens is 4. The first-order valence-electron chi connectivity index (χ1n) is 7.32. The van der Waals surface area contributed by atoms with Crippen LogP contribution in [0.1, 0.15) is 5.56 Å². The molecule has 126 valence electrons. The van der Waals surface area contributed by atoms with Gasteiger partial charge in [-0.05, 0) is 17.7 Å². The molecule has 3 aromatic rings. The Hall–Kier alpha value is -3.03.